The summed E-state index contributed by atoms with van der Waals surface area (Å²) < 4.78 is 75.2. The molecule has 2 heterocycles. The lowest BCUT2D eigenvalue weighted by atomic mass is 9.77. The van der Waals surface area contributed by atoms with Crippen LogP contribution in [-0.4, -0.2) is 42.8 Å². The van der Waals surface area contributed by atoms with Crippen molar-refractivity contribution in [1.29, 1.82) is 0 Å². The van der Waals surface area contributed by atoms with Crippen molar-refractivity contribution in [2.24, 2.45) is 0 Å². The van der Waals surface area contributed by atoms with Gasteiger partial charge in [0.05, 0.1) is 22.9 Å². The molecule has 1 fully saturated rings. The standard InChI is InChI=1S/C20H29BF4N2O3Si/c1-18(2)19(3,4)30-21(29-18)14-10-15-13(16(17(14)22)20(23,24)25)11-26-27(15)12-28-8-9-31(5,6)7/h10-11H,8-9,12H2,1-7H3. The molecule has 0 N–H and O–H groups in total. The molecular formula is C20H29BF4N2O3Si. The molecule has 0 unspecified atom stereocenters. The van der Waals surface area contributed by atoms with E-state index in [0.717, 1.165) is 12.2 Å². The Labute approximate surface area is 181 Å². The molecule has 0 spiro atoms. The summed E-state index contributed by atoms with van der Waals surface area (Å²) in [5.74, 6) is -1.40. The minimum absolute atomic E-state index is 0.0281. The summed E-state index contributed by atoms with van der Waals surface area (Å²) >= 11 is 0. The third kappa shape index (κ3) is 4.84. The van der Waals surface area contributed by atoms with Crippen LogP contribution in [0.4, 0.5) is 17.6 Å². The second kappa shape index (κ2) is 7.86. The van der Waals surface area contributed by atoms with E-state index in [-0.39, 0.29) is 23.1 Å². The zero-order valence-electron chi connectivity index (χ0n) is 19.0. The van der Waals surface area contributed by atoms with Gasteiger partial charge in [0.2, 0.25) is 0 Å². The molecule has 11 heteroatoms. The van der Waals surface area contributed by atoms with Crippen LogP contribution in [0.25, 0.3) is 10.9 Å². The maximum absolute atomic E-state index is 15.2. The lowest BCUT2D eigenvalue weighted by Gasteiger charge is -2.32. The Kier molecular flexibility index (Phi) is 6.14. The van der Waals surface area contributed by atoms with Crippen molar-refractivity contribution in [1.82, 2.24) is 9.78 Å². The quantitative estimate of drug-likeness (QED) is 0.353. The van der Waals surface area contributed by atoms with Crippen LogP contribution in [0, 0.1) is 5.82 Å². The van der Waals surface area contributed by atoms with Crippen LogP contribution in [0.5, 0.6) is 0 Å². The molecule has 1 aromatic heterocycles. The Morgan fingerprint density at radius 1 is 1.13 bits per heavy atom. The number of benzene rings is 1. The molecule has 172 valence electrons. The van der Waals surface area contributed by atoms with Gasteiger partial charge in [0, 0.05) is 25.5 Å². The van der Waals surface area contributed by atoms with E-state index in [1.54, 1.807) is 27.7 Å². The van der Waals surface area contributed by atoms with Crippen LogP contribution in [0.3, 0.4) is 0 Å². The highest BCUT2D eigenvalue weighted by Crippen LogP contribution is 2.40. The van der Waals surface area contributed by atoms with Gasteiger partial charge in [0.1, 0.15) is 18.1 Å². The molecular weight excluding hydrogens is 431 g/mol. The number of alkyl halides is 3. The molecule has 0 atom stereocenters. The lowest BCUT2D eigenvalue weighted by molar-refractivity contribution is -0.138. The molecule has 0 aliphatic carbocycles. The number of rotatable bonds is 6. The number of hydrogen-bond donors (Lipinski definition) is 0. The van der Waals surface area contributed by atoms with Crippen molar-refractivity contribution in [3.63, 3.8) is 0 Å². The van der Waals surface area contributed by atoms with E-state index in [1.807, 2.05) is 0 Å². The fraction of sp³-hybridized carbons (Fsp3) is 0.650. The first-order valence-corrected chi connectivity index (χ1v) is 13.9. The fourth-order valence-corrected chi connectivity index (χ4v) is 4.02. The molecule has 0 bridgehead atoms. The molecule has 2 aromatic rings. The van der Waals surface area contributed by atoms with Gasteiger partial charge in [-0.05, 0) is 39.8 Å². The van der Waals surface area contributed by atoms with Gasteiger partial charge in [-0.15, -0.1) is 0 Å². The zero-order chi connectivity index (χ0) is 23.4. The number of ether oxygens (including phenoxy) is 1. The van der Waals surface area contributed by atoms with Gasteiger partial charge in [-0.2, -0.15) is 18.3 Å². The maximum atomic E-state index is 15.2. The summed E-state index contributed by atoms with van der Waals surface area (Å²) in [5, 5.41) is 3.70. The molecule has 5 nitrogen and oxygen atoms in total. The van der Waals surface area contributed by atoms with Crippen molar-refractivity contribution in [2.45, 2.75) is 77.5 Å². The van der Waals surface area contributed by atoms with E-state index < -0.39 is 44.0 Å². The second-order valence-electron chi connectivity index (χ2n) is 10.2. The Balaban J connectivity index is 2.02. The number of nitrogens with zero attached hydrogens (tertiary/aromatic N) is 2. The number of aromatic nitrogens is 2. The summed E-state index contributed by atoms with van der Waals surface area (Å²) in [6.07, 6.45) is -3.88. The van der Waals surface area contributed by atoms with Crippen LogP contribution in [-0.2, 0) is 27.0 Å². The topological polar surface area (TPSA) is 45.5 Å². The highest BCUT2D eigenvalue weighted by molar-refractivity contribution is 6.76. The molecule has 1 saturated heterocycles. The normalized spacial score (nSPS) is 18.9. The first kappa shape index (κ1) is 24.2. The van der Waals surface area contributed by atoms with Gasteiger partial charge in [-0.3, -0.25) is 0 Å². The van der Waals surface area contributed by atoms with E-state index in [0.29, 0.717) is 6.61 Å². The van der Waals surface area contributed by atoms with Crippen molar-refractivity contribution < 1.29 is 31.6 Å². The Morgan fingerprint density at radius 3 is 2.23 bits per heavy atom. The van der Waals surface area contributed by atoms with Gasteiger partial charge in [0.15, 0.2) is 0 Å². The number of hydrogen-bond acceptors (Lipinski definition) is 4. The van der Waals surface area contributed by atoms with Crippen LogP contribution >= 0.6 is 0 Å². The lowest BCUT2D eigenvalue weighted by Crippen LogP contribution is -2.41. The van der Waals surface area contributed by atoms with E-state index in [2.05, 4.69) is 24.7 Å². The Hall–Kier alpha value is -1.43. The van der Waals surface area contributed by atoms with Gasteiger partial charge in [-0.1, -0.05) is 19.6 Å². The molecule has 1 aromatic carbocycles. The van der Waals surface area contributed by atoms with Crippen LogP contribution < -0.4 is 5.46 Å². The van der Waals surface area contributed by atoms with Crippen LogP contribution in [0.1, 0.15) is 33.3 Å². The van der Waals surface area contributed by atoms with Crippen molar-refractivity contribution in [3.05, 3.63) is 23.6 Å². The van der Waals surface area contributed by atoms with Crippen molar-refractivity contribution >= 4 is 31.6 Å². The van der Waals surface area contributed by atoms with Gasteiger partial charge in [0.25, 0.3) is 0 Å². The van der Waals surface area contributed by atoms with E-state index in [1.165, 1.54) is 10.7 Å². The average molecular weight is 460 g/mol. The summed E-state index contributed by atoms with van der Waals surface area (Å²) in [4.78, 5) is 0. The second-order valence-corrected chi connectivity index (χ2v) is 15.8. The third-order valence-corrected chi connectivity index (χ3v) is 7.62. The average Bonchev–Trinajstić information content (AvgIpc) is 3.06. The van der Waals surface area contributed by atoms with Gasteiger partial charge < -0.3 is 14.0 Å². The van der Waals surface area contributed by atoms with Crippen LogP contribution in [0.15, 0.2) is 12.3 Å². The molecule has 31 heavy (non-hydrogen) atoms. The number of halogens is 4. The molecule has 0 radical (unpaired) electrons. The minimum Gasteiger partial charge on any atom is -0.399 e. The summed E-state index contributed by atoms with van der Waals surface area (Å²) in [5.41, 5.74) is -3.20. The molecule has 1 aliphatic heterocycles. The highest BCUT2D eigenvalue weighted by Gasteiger charge is 2.53. The van der Waals surface area contributed by atoms with Crippen molar-refractivity contribution in [3.8, 4) is 0 Å². The molecule has 3 rings (SSSR count). The maximum Gasteiger partial charge on any atom is 0.497 e. The summed E-state index contributed by atoms with van der Waals surface area (Å²) in [6.45, 7) is 14.1. The van der Waals surface area contributed by atoms with E-state index in [9.17, 15) is 13.2 Å². The summed E-state index contributed by atoms with van der Waals surface area (Å²) in [7, 11) is -2.59. The summed E-state index contributed by atoms with van der Waals surface area (Å²) in [6, 6.07) is 2.23. The smallest absolute Gasteiger partial charge is 0.399 e. The predicted octanol–water partition coefficient (Wildman–Crippen LogP) is 4.81. The Bertz CT molecular complexity index is 954. The first-order valence-electron chi connectivity index (χ1n) is 10.2. The molecule has 0 saturated carbocycles. The highest BCUT2D eigenvalue weighted by atomic mass is 28.3. The van der Waals surface area contributed by atoms with Gasteiger partial charge in [-0.25, -0.2) is 9.07 Å². The predicted molar refractivity (Wildman–Crippen MR) is 115 cm³/mol. The fourth-order valence-electron chi connectivity index (χ4n) is 3.26. The zero-order valence-corrected chi connectivity index (χ0v) is 20.0. The van der Waals surface area contributed by atoms with Gasteiger partial charge >= 0.3 is 13.3 Å². The minimum atomic E-state index is -4.91. The molecule has 1 aliphatic rings. The van der Waals surface area contributed by atoms with Crippen LogP contribution in [0.2, 0.25) is 25.7 Å². The third-order valence-electron chi connectivity index (χ3n) is 5.92. The Morgan fingerprint density at radius 2 is 1.71 bits per heavy atom. The van der Waals surface area contributed by atoms with E-state index >= 15 is 4.39 Å². The van der Waals surface area contributed by atoms with E-state index in [4.69, 9.17) is 14.0 Å². The molecule has 0 amide bonds. The first-order chi connectivity index (χ1) is 14.0. The monoisotopic (exact) mass is 460 g/mol. The van der Waals surface area contributed by atoms with Crippen molar-refractivity contribution in [2.75, 3.05) is 6.61 Å². The largest absolute Gasteiger partial charge is 0.497 e. The SMILES string of the molecule is CC1(C)OB(c2cc3c(cnn3COCC[Si](C)(C)C)c(C(F)(F)F)c2F)OC1(C)C. The number of fused-ring (bicyclic) bond motifs is 1.